The van der Waals surface area contributed by atoms with Crippen LogP contribution in [-0.4, -0.2) is 15.7 Å². The van der Waals surface area contributed by atoms with Crippen LogP contribution in [0.25, 0.3) is 11.3 Å². The summed E-state index contributed by atoms with van der Waals surface area (Å²) in [5, 5.41) is 7.19. The van der Waals surface area contributed by atoms with Crippen molar-refractivity contribution in [1.29, 1.82) is 0 Å². The number of halogens is 1. The van der Waals surface area contributed by atoms with Crippen LogP contribution in [0.3, 0.4) is 0 Å². The molecule has 0 bridgehead atoms. The van der Waals surface area contributed by atoms with Gasteiger partial charge in [0.25, 0.3) is 5.91 Å². The largest absolute Gasteiger partial charge is 0.347 e. The Hall–Kier alpha value is -2.95. The molecule has 0 aliphatic heterocycles. The van der Waals surface area contributed by atoms with Gasteiger partial charge in [-0.1, -0.05) is 42.5 Å². The monoisotopic (exact) mass is 323 g/mol. The molecule has 0 saturated heterocycles. The number of benzene rings is 2. The first kappa shape index (κ1) is 15.9. The van der Waals surface area contributed by atoms with Crippen molar-refractivity contribution in [1.82, 2.24) is 15.1 Å². The minimum Gasteiger partial charge on any atom is -0.347 e. The Bertz CT molecular complexity index is 854. The number of rotatable bonds is 4. The van der Waals surface area contributed by atoms with Gasteiger partial charge in [0.05, 0.1) is 5.69 Å². The second-order valence-electron chi connectivity index (χ2n) is 5.62. The lowest BCUT2D eigenvalue weighted by Gasteiger charge is -2.05. The summed E-state index contributed by atoms with van der Waals surface area (Å²) in [6.45, 7) is 2.22. The van der Waals surface area contributed by atoms with E-state index in [9.17, 15) is 9.18 Å². The van der Waals surface area contributed by atoms with Gasteiger partial charge in [0, 0.05) is 24.7 Å². The average Bonchev–Trinajstić information content (AvgIpc) is 2.89. The van der Waals surface area contributed by atoms with Crippen LogP contribution in [-0.2, 0) is 13.6 Å². The molecule has 0 radical (unpaired) electrons. The molecule has 0 saturated carbocycles. The highest BCUT2D eigenvalue weighted by Crippen LogP contribution is 2.24. The fraction of sp³-hybridized carbons (Fsp3) is 0.158. The van der Waals surface area contributed by atoms with Gasteiger partial charge in [0.1, 0.15) is 5.82 Å². The van der Waals surface area contributed by atoms with Gasteiger partial charge in [-0.15, -0.1) is 0 Å². The Morgan fingerprint density at radius 3 is 2.46 bits per heavy atom. The van der Waals surface area contributed by atoms with Crippen LogP contribution < -0.4 is 5.32 Å². The Morgan fingerprint density at radius 2 is 1.79 bits per heavy atom. The molecular formula is C19H18FN3O. The van der Waals surface area contributed by atoms with E-state index < -0.39 is 0 Å². The van der Waals surface area contributed by atoms with Crippen LogP contribution in [0.1, 0.15) is 21.6 Å². The molecular weight excluding hydrogens is 305 g/mol. The highest BCUT2D eigenvalue weighted by Gasteiger charge is 2.19. The van der Waals surface area contributed by atoms with Crippen LogP contribution >= 0.6 is 0 Å². The molecule has 0 fully saturated rings. The molecule has 1 amide bonds. The SMILES string of the molecule is Cc1c(C(=O)NCc2ccc(F)cc2)nn(C)c1-c1ccccc1. The third-order valence-corrected chi connectivity index (χ3v) is 3.91. The maximum Gasteiger partial charge on any atom is 0.272 e. The van der Waals surface area contributed by atoms with Gasteiger partial charge in [-0.25, -0.2) is 4.39 Å². The smallest absolute Gasteiger partial charge is 0.272 e. The molecule has 0 aliphatic rings. The molecule has 4 nitrogen and oxygen atoms in total. The van der Waals surface area contributed by atoms with Crippen molar-refractivity contribution in [3.63, 3.8) is 0 Å². The van der Waals surface area contributed by atoms with Crippen molar-refractivity contribution in [3.8, 4) is 11.3 Å². The normalized spacial score (nSPS) is 10.6. The summed E-state index contributed by atoms with van der Waals surface area (Å²) >= 11 is 0. The first-order valence-electron chi connectivity index (χ1n) is 7.68. The number of amides is 1. The molecule has 5 heteroatoms. The Labute approximate surface area is 139 Å². The second kappa shape index (κ2) is 6.66. The summed E-state index contributed by atoms with van der Waals surface area (Å²) in [7, 11) is 1.83. The predicted molar refractivity (Wildman–Crippen MR) is 91.0 cm³/mol. The molecule has 3 aromatic rings. The molecule has 3 rings (SSSR count). The first-order valence-corrected chi connectivity index (χ1v) is 7.68. The van der Waals surface area contributed by atoms with E-state index in [-0.39, 0.29) is 11.7 Å². The van der Waals surface area contributed by atoms with E-state index in [0.29, 0.717) is 12.2 Å². The van der Waals surface area contributed by atoms with Crippen LogP contribution in [0, 0.1) is 12.7 Å². The number of nitrogens with zero attached hydrogens (tertiary/aromatic N) is 2. The summed E-state index contributed by atoms with van der Waals surface area (Å²) in [6, 6.07) is 15.9. The number of carbonyl (C=O) groups is 1. The van der Waals surface area contributed by atoms with E-state index in [1.54, 1.807) is 16.8 Å². The van der Waals surface area contributed by atoms with E-state index in [2.05, 4.69) is 10.4 Å². The van der Waals surface area contributed by atoms with E-state index in [1.807, 2.05) is 44.3 Å². The third kappa shape index (κ3) is 3.20. The van der Waals surface area contributed by atoms with Crippen molar-refractivity contribution >= 4 is 5.91 Å². The lowest BCUT2D eigenvalue weighted by atomic mass is 10.1. The summed E-state index contributed by atoms with van der Waals surface area (Å²) in [5.41, 5.74) is 4.01. The zero-order chi connectivity index (χ0) is 17.1. The number of carbonyl (C=O) groups excluding carboxylic acids is 1. The van der Waals surface area contributed by atoms with E-state index in [4.69, 9.17) is 0 Å². The van der Waals surface area contributed by atoms with Gasteiger partial charge in [0.15, 0.2) is 5.69 Å². The molecule has 0 unspecified atom stereocenters. The molecule has 24 heavy (non-hydrogen) atoms. The Morgan fingerprint density at radius 1 is 1.12 bits per heavy atom. The first-order chi connectivity index (χ1) is 11.6. The standard InChI is InChI=1S/C19H18FN3O/c1-13-17(19(24)21-12-14-8-10-16(20)11-9-14)22-23(2)18(13)15-6-4-3-5-7-15/h3-11H,12H2,1-2H3,(H,21,24). The maximum absolute atomic E-state index is 12.9. The van der Waals surface area contributed by atoms with Gasteiger partial charge in [0.2, 0.25) is 0 Å². The topological polar surface area (TPSA) is 46.9 Å². The molecule has 1 aromatic heterocycles. The fourth-order valence-electron chi connectivity index (χ4n) is 2.71. The summed E-state index contributed by atoms with van der Waals surface area (Å²) in [5.74, 6) is -0.534. The van der Waals surface area contributed by atoms with Crippen molar-refractivity contribution < 1.29 is 9.18 Å². The molecule has 1 N–H and O–H groups in total. The van der Waals surface area contributed by atoms with Crippen LogP contribution in [0.2, 0.25) is 0 Å². The quantitative estimate of drug-likeness (QED) is 0.799. The summed E-state index contributed by atoms with van der Waals surface area (Å²) in [4.78, 5) is 12.4. The van der Waals surface area contributed by atoms with E-state index >= 15 is 0 Å². The zero-order valence-corrected chi connectivity index (χ0v) is 13.6. The summed E-state index contributed by atoms with van der Waals surface area (Å²) in [6.07, 6.45) is 0. The van der Waals surface area contributed by atoms with Gasteiger partial charge in [-0.3, -0.25) is 9.48 Å². The Balaban J connectivity index is 1.79. The van der Waals surface area contributed by atoms with Gasteiger partial charge in [-0.2, -0.15) is 5.10 Å². The third-order valence-electron chi connectivity index (χ3n) is 3.91. The minimum atomic E-state index is -0.293. The number of aromatic nitrogens is 2. The van der Waals surface area contributed by atoms with Crippen molar-refractivity contribution in [3.05, 3.63) is 77.2 Å². The molecule has 2 aromatic carbocycles. The van der Waals surface area contributed by atoms with Crippen molar-refractivity contribution in [2.75, 3.05) is 0 Å². The molecule has 0 spiro atoms. The molecule has 0 atom stereocenters. The van der Waals surface area contributed by atoms with Gasteiger partial charge >= 0.3 is 0 Å². The highest BCUT2D eigenvalue weighted by atomic mass is 19.1. The van der Waals surface area contributed by atoms with E-state index in [1.165, 1.54) is 12.1 Å². The lowest BCUT2D eigenvalue weighted by molar-refractivity contribution is 0.0944. The second-order valence-corrected chi connectivity index (χ2v) is 5.62. The molecule has 122 valence electrons. The number of hydrogen-bond acceptors (Lipinski definition) is 2. The van der Waals surface area contributed by atoms with Crippen LogP contribution in [0.5, 0.6) is 0 Å². The van der Waals surface area contributed by atoms with Crippen molar-refractivity contribution in [2.24, 2.45) is 7.05 Å². The Kier molecular flexibility index (Phi) is 4.42. The van der Waals surface area contributed by atoms with Gasteiger partial charge in [-0.05, 0) is 24.6 Å². The van der Waals surface area contributed by atoms with Gasteiger partial charge < -0.3 is 5.32 Å². The highest BCUT2D eigenvalue weighted by molar-refractivity contribution is 5.95. The summed E-state index contributed by atoms with van der Waals surface area (Å²) < 4.78 is 14.6. The number of hydrogen-bond donors (Lipinski definition) is 1. The number of aryl methyl sites for hydroxylation is 1. The molecule has 1 heterocycles. The van der Waals surface area contributed by atoms with Crippen LogP contribution in [0.15, 0.2) is 54.6 Å². The van der Waals surface area contributed by atoms with Crippen molar-refractivity contribution in [2.45, 2.75) is 13.5 Å². The molecule has 0 aliphatic carbocycles. The predicted octanol–water partition coefficient (Wildman–Crippen LogP) is 3.46. The fourth-order valence-corrected chi connectivity index (χ4v) is 2.71. The zero-order valence-electron chi connectivity index (χ0n) is 13.6. The number of nitrogens with one attached hydrogen (secondary N) is 1. The maximum atomic E-state index is 12.9. The average molecular weight is 323 g/mol. The van der Waals surface area contributed by atoms with E-state index in [0.717, 1.165) is 22.4 Å². The minimum absolute atomic E-state index is 0.241. The van der Waals surface area contributed by atoms with Crippen LogP contribution in [0.4, 0.5) is 4.39 Å². The lowest BCUT2D eigenvalue weighted by Crippen LogP contribution is -2.24.